The molecule has 0 aliphatic heterocycles. The van der Waals surface area contributed by atoms with Crippen molar-refractivity contribution in [3.8, 4) is 0 Å². The first kappa shape index (κ1) is 24.9. The molecule has 1 unspecified atom stereocenters. The van der Waals surface area contributed by atoms with Crippen molar-refractivity contribution >= 4 is 28.3 Å². The highest BCUT2D eigenvalue weighted by molar-refractivity contribution is 7.89. The van der Waals surface area contributed by atoms with Gasteiger partial charge in [-0.2, -0.15) is 0 Å². The second kappa shape index (κ2) is 11.8. The van der Waals surface area contributed by atoms with E-state index in [4.69, 9.17) is 5.73 Å². The Morgan fingerprint density at radius 1 is 1.25 bits per heavy atom. The number of halogens is 1. The van der Waals surface area contributed by atoms with Crippen LogP contribution in [0.15, 0.2) is 29.2 Å². The third kappa shape index (κ3) is 6.44. The molecule has 0 saturated heterocycles. The summed E-state index contributed by atoms with van der Waals surface area (Å²) in [5.41, 5.74) is 6.10. The number of unbranched alkanes of at least 4 members (excludes halogenated alkanes) is 1. The number of nitrogens with one attached hydrogen (secondary N) is 1. The van der Waals surface area contributed by atoms with Gasteiger partial charge < -0.3 is 10.6 Å². The van der Waals surface area contributed by atoms with Crippen LogP contribution in [0.1, 0.15) is 62.2 Å². The summed E-state index contributed by atoms with van der Waals surface area (Å²) < 4.78 is 28.9. The van der Waals surface area contributed by atoms with Crippen molar-refractivity contribution in [3.05, 3.63) is 29.8 Å². The van der Waals surface area contributed by atoms with Gasteiger partial charge in [-0.15, -0.1) is 12.4 Å². The van der Waals surface area contributed by atoms with Crippen LogP contribution in [0.3, 0.4) is 0 Å². The molecule has 6 nitrogen and oxygen atoms in total. The zero-order valence-electron chi connectivity index (χ0n) is 16.9. The Morgan fingerprint density at radius 2 is 1.89 bits per heavy atom. The van der Waals surface area contributed by atoms with Crippen LogP contribution in [0.2, 0.25) is 0 Å². The fourth-order valence-electron chi connectivity index (χ4n) is 3.72. The molecule has 28 heavy (non-hydrogen) atoms. The summed E-state index contributed by atoms with van der Waals surface area (Å²) in [5, 5.41) is 0. The second-order valence-corrected chi connectivity index (χ2v) is 9.12. The molecule has 1 aliphatic rings. The van der Waals surface area contributed by atoms with Crippen molar-refractivity contribution < 1.29 is 13.2 Å². The van der Waals surface area contributed by atoms with Crippen molar-refractivity contribution in [2.75, 3.05) is 20.1 Å². The van der Waals surface area contributed by atoms with Crippen LogP contribution in [-0.4, -0.2) is 45.4 Å². The molecule has 1 aromatic rings. The number of rotatable bonds is 9. The quantitative estimate of drug-likeness (QED) is 0.628. The number of hydrogen-bond acceptors (Lipinski definition) is 4. The Bertz CT molecular complexity index is 721. The molecular weight excluding hydrogens is 398 g/mol. The number of benzene rings is 1. The lowest BCUT2D eigenvalue weighted by molar-refractivity contribution is 0.0789. The molecule has 160 valence electrons. The smallest absolute Gasteiger partial charge is 0.254 e. The number of hydrogen-bond donors (Lipinski definition) is 2. The number of sulfonamides is 1. The number of nitrogens with two attached hydrogens (primary N) is 1. The van der Waals surface area contributed by atoms with Crippen molar-refractivity contribution in [2.45, 2.75) is 62.8 Å². The molecule has 8 heteroatoms. The number of nitrogens with zero attached hydrogens (tertiary/aromatic N) is 1. The van der Waals surface area contributed by atoms with Crippen LogP contribution < -0.4 is 10.5 Å². The third-order valence-electron chi connectivity index (χ3n) is 5.38. The Morgan fingerprint density at radius 3 is 2.50 bits per heavy atom. The third-order valence-corrected chi connectivity index (χ3v) is 6.93. The van der Waals surface area contributed by atoms with E-state index in [1.807, 2.05) is 0 Å². The SMILES string of the molecule is CCCCN(C)C(=O)c1ccccc1S(=O)(=O)NC(CN)C1CCCCC1.Cl. The van der Waals surface area contributed by atoms with Crippen LogP contribution in [0.4, 0.5) is 0 Å². The van der Waals surface area contributed by atoms with Crippen LogP contribution in [0.5, 0.6) is 0 Å². The number of amides is 1. The summed E-state index contributed by atoms with van der Waals surface area (Å²) in [6, 6.07) is 6.13. The molecule has 1 saturated carbocycles. The average Bonchev–Trinajstić information content (AvgIpc) is 2.70. The fraction of sp³-hybridized carbons (Fsp3) is 0.650. The van der Waals surface area contributed by atoms with E-state index in [1.54, 1.807) is 30.1 Å². The predicted molar refractivity (Wildman–Crippen MR) is 115 cm³/mol. The standard InChI is InChI=1S/C20H33N3O3S.ClH/c1-3-4-14-23(2)20(24)17-12-8-9-13-19(17)27(25,26)22-18(15-21)16-10-6-5-7-11-16;/h8-9,12-13,16,18,22H,3-7,10-11,14-15,21H2,1-2H3;1H. The average molecular weight is 432 g/mol. The van der Waals surface area contributed by atoms with Crippen molar-refractivity contribution in [1.82, 2.24) is 9.62 Å². The van der Waals surface area contributed by atoms with E-state index in [1.165, 1.54) is 12.5 Å². The topological polar surface area (TPSA) is 92.5 Å². The van der Waals surface area contributed by atoms with E-state index in [-0.39, 0.29) is 47.3 Å². The molecule has 2 rings (SSSR count). The van der Waals surface area contributed by atoms with Gasteiger partial charge in [0.25, 0.3) is 5.91 Å². The van der Waals surface area contributed by atoms with Crippen molar-refractivity contribution in [2.24, 2.45) is 11.7 Å². The summed E-state index contributed by atoms with van der Waals surface area (Å²) >= 11 is 0. The fourth-order valence-corrected chi connectivity index (χ4v) is 5.23. The van der Waals surface area contributed by atoms with Crippen LogP contribution in [0, 0.1) is 5.92 Å². The zero-order chi connectivity index (χ0) is 19.9. The molecule has 1 aromatic carbocycles. The Hall–Kier alpha value is -1.15. The van der Waals surface area contributed by atoms with Crippen LogP contribution in [0.25, 0.3) is 0 Å². The molecule has 1 aliphatic carbocycles. The molecule has 1 amide bonds. The first-order valence-electron chi connectivity index (χ1n) is 9.97. The van der Waals surface area contributed by atoms with E-state index >= 15 is 0 Å². The predicted octanol–water partition coefficient (Wildman–Crippen LogP) is 3.17. The normalized spacial score (nSPS) is 16.2. The minimum Gasteiger partial charge on any atom is -0.342 e. The summed E-state index contributed by atoms with van der Waals surface area (Å²) in [7, 11) is -2.12. The number of carbonyl (C=O) groups excluding carboxylic acids is 1. The van der Waals surface area contributed by atoms with Gasteiger partial charge >= 0.3 is 0 Å². The van der Waals surface area contributed by atoms with E-state index < -0.39 is 10.0 Å². The van der Waals surface area contributed by atoms with E-state index in [9.17, 15) is 13.2 Å². The highest BCUT2D eigenvalue weighted by Gasteiger charge is 2.30. The van der Waals surface area contributed by atoms with Crippen molar-refractivity contribution in [1.29, 1.82) is 0 Å². The van der Waals surface area contributed by atoms with Crippen molar-refractivity contribution in [3.63, 3.8) is 0 Å². The Balaban J connectivity index is 0.00000392. The van der Waals surface area contributed by atoms with Gasteiger partial charge in [0.2, 0.25) is 10.0 Å². The zero-order valence-corrected chi connectivity index (χ0v) is 18.5. The Labute approximate surface area is 175 Å². The van der Waals surface area contributed by atoms with Gasteiger partial charge in [-0.3, -0.25) is 4.79 Å². The van der Waals surface area contributed by atoms with Gasteiger partial charge in [-0.1, -0.05) is 44.7 Å². The van der Waals surface area contributed by atoms with Gasteiger partial charge in [0.1, 0.15) is 0 Å². The largest absolute Gasteiger partial charge is 0.342 e. The highest BCUT2D eigenvalue weighted by Crippen LogP contribution is 2.27. The minimum atomic E-state index is -3.83. The second-order valence-electron chi connectivity index (χ2n) is 7.44. The van der Waals surface area contributed by atoms with Gasteiger partial charge in [0.05, 0.1) is 10.5 Å². The van der Waals surface area contributed by atoms with Gasteiger partial charge in [-0.25, -0.2) is 13.1 Å². The van der Waals surface area contributed by atoms with Gasteiger partial charge in [0.15, 0.2) is 0 Å². The van der Waals surface area contributed by atoms with E-state index in [2.05, 4.69) is 11.6 Å². The molecule has 0 aromatic heterocycles. The highest BCUT2D eigenvalue weighted by atomic mass is 35.5. The molecule has 0 heterocycles. The lowest BCUT2D eigenvalue weighted by Crippen LogP contribution is -2.46. The monoisotopic (exact) mass is 431 g/mol. The lowest BCUT2D eigenvalue weighted by Gasteiger charge is -2.30. The molecule has 0 spiro atoms. The maximum atomic E-state index is 13.1. The minimum absolute atomic E-state index is 0. The molecular formula is C20H34ClN3O3S. The van der Waals surface area contributed by atoms with Crippen LogP contribution >= 0.6 is 12.4 Å². The van der Waals surface area contributed by atoms with E-state index in [0.29, 0.717) is 6.54 Å². The summed E-state index contributed by atoms with van der Waals surface area (Å²) in [5.74, 6) is -0.0139. The van der Waals surface area contributed by atoms with Gasteiger partial charge in [0, 0.05) is 26.2 Å². The lowest BCUT2D eigenvalue weighted by atomic mass is 9.84. The maximum Gasteiger partial charge on any atom is 0.254 e. The molecule has 3 N–H and O–H groups in total. The molecule has 1 atom stereocenters. The summed E-state index contributed by atoms with van der Waals surface area (Å²) in [6.45, 7) is 2.92. The first-order chi connectivity index (χ1) is 12.9. The maximum absolute atomic E-state index is 13.1. The first-order valence-corrected chi connectivity index (χ1v) is 11.5. The molecule has 0 radical (unpaired) electrons. The van der Waals surface area contributed by atoms with E-state index in [0.717, 1.165) is 38.5 Å². The summed E-state index contributed by atoms with van der Waals surface area (Å²) in [6.07, 6.45) is 7.25. The van der Waals surface area contributed by atoms with Crippen LogP contribution in [-0.2, 0) is 10.0 Å². The molecule has 0 bridgehead atoms. The number of carbonyl (C=O) groups is 1. The van der Waals surface area contributed by atoms with Gasteiger partial charge in [-0.05, 0) is 37.3 Å². The molecule has 1 fully saturated rings. The summed E-state index contributed by atoms with van der Waals surface area (Å²) in [4.78, 5) is 14.4. The Kier molecular flexibility index (Phi) is 10.4.